The molecule has 1 N–H and O–H groups in total. The molecule has 118 valence electrons. The zero-order chi connectivity index (χ0) is 15.4. The van der Waals surface area contributed by atoms with Crippen molar-refractivity contribution in [3.8, 4) is 5.75 Å². The van der Waals surface area contributed by atoms with Gasteiger partial charge < -0.3 is 4.74 Å². The molecule has 0 amide bonds. The summed E-state index contributed by atoms with van der Waals surface area (Å²) >= 11 is 1.66. The van der Waals surface area contributed by atoms with Crippen molar-refractivity contribution in [1.82, 2.24) is 15.2 Å². The van der Waals surface area contributed by atoms with Gasteiger partial charge in [-0.1, -0.05) is 55.1 Å². The first-order valence-electron chi connectivity index (χ1n) is 7.92. The highest BCUT2D eigenvalue weighted by Gasteiger charge is 2.17. The van der Waals surface area contributed by atoms with E-state index in [4.69, 9.17) is 4.74 Å². The number of nitrogens with one attached hydrogen (secondary N) is 1. The summed E-state index contributed by atoms with van der Waals surface area (Å²) in [5, 5.41) is 8.26. The Morgan fingerprint density at radius 1 is 1.32 bits per heavy atom. The number of aryl methyl sites for hydroxylation is 1. The molecule has 1 aliphatic carbocycles. The van der Waals surface area contributed by atoms with Crippen LogP contribution in [-0.2, 0) is 12.2 Å². The van der Waals surface area contributed by atoms with Crippen LogP contribution >= 0.6 is 11.8 Å². The smallest absolute Gasteiger partial charge is 0.208 e. The standard InChI is InChI=1S/C17H23N3OS/c1-12-7-8-15(21-2)14(9-12)11-22-17-18-16(19-20-17)10-13-5-3-4-6-13/h7-9,13H,3-6,10-11H2,1-2H3,(H,18,19,20). The fraction of sp³-hybridized carbons (Fsp3) is 0.529. The number of benzene rings is 1. The summed E-state index contributed by atoms with van der Waals surface area (Å²) in [7, 11) is 1.71. The summed E-state index contributed by atoms with van der Waals surface area (Å²) in [5.41, 5.74) is 2.43. The minimum atomic E-state index is 0.794. The molecule has 1 heterocycles. The first-order chi connectivity index (χ1) is 10.7. The topological polar surface area (TPSA) is 50.8 Å². The number of nitrogens with zero attached hydrogens (tertiary/aromatic N) is 2. The van der Waals surface area contributed by atoms with Crippen LogP contribution in [-0.4, -0.2) is 22.3 Å². The lowest BCUT2D eigenvalue weighted by Gasteiger charge is -2.08. The lowest BCUT2D eigenvalue weighted by Crippen LogP contribution is -2.00. The number of ether oxygens (including phenoxy) is 1. The van der Waals surface area contributed by atoms with E-state index in [0.29, 0.717) is 0 Å². The van der Waals surface area contributed by atoms with Crippen LogP contribution < -0.4 is 4.74 Å². The maximum atomic E-state index is 5.42. The third-order valence-electron chi connectivity index (χ3n) is 4.26. The van der Waals surface area contributed by atoms with Gasteiger partial charge in [-0.15, -0.1) is 5.10 Å². The van der Waals surface area contributed by atoms with E-state index in [1.54, 1.807) is 18.9 Å². The molecule has 0 radical (unpaired) electrons. The summed E-state index contributed by atoms with van der Waals surface area (Å²) < 4.78 is 5.42. The minimum Gasteiger partial charge on any atom is -0.496 e. The largest absolute Gasteiger partial charge is 0.496 e. The Morgan fingerprint density at radius 3 is 2.91 bits per heavy atom. The van der Waals surface area contributed by atoms with Gasteiger partial charge in [0.15, 0.2) is 0 Å². The van der Waals surface area contributed by atoms with Gasteiger partial charge in [-0.05, 0) is 18.9 Å². The number of hydrogen-bond donors (Lipinski definition) is 1. The molecule has 4 nitrogen and oxygen atoms in total. The van der Waals surface area contributed by atoms with Crippen molar-refractivity contribution >= 4 is 11.8 Å². The van der Waals surface area contributed by atoms with E-state index < -0.39 is 0 Å². The van der Waals surface area contributed by atoms with E-state index in [1.165, 1.54) is 36.8 Å². The quantitative estimate of drug-likeness (QED) is 0.813. The van der Waals surface area contributed by atoms with Crippen molar-refractivity contribution in [2.45, 2.75) is 49.9 Å². The molecule has 1 aliphatic rings. The van der Waals surface area contributed by atoms with Crippen molar-refractivity contribution in [3.05, 3.63) is 35.2 Å². The SMILES string of the molecule is COc1ccc(C)cc1CSc1n[nH]c(CC2CCCC2)n1. The second kappa shape index (κ2) is 7.18. The number of aromatic amines is 1. The van der Waals surface area contributed by atoms with E-state index in [0.717, 1.165) is 34.8 Å². The van der Waals surface area contributed by atoms with Crippen molar-refractivity contribution in [2.75, 3.05) is 7.11 Å². The normalized spacial score (nSPS) is 15.4. The summed E-state index contributed by atoms with van der Waals surface area (Å²) in [6.45, 7) is 2.10. The molecule has 0 unspecified atom stereocenters. The van der Waals surface area contributed by atoms with Crippen molar-refractivity contribution in [2.24, 2.45) is 5.92 Å². The highest BCUT2D eigenvalue weighted by molar-refractivity contribution is 7.98. The van der Waals surface area contributed by atoms with Crippen LogP contribution in [0.25, 0.3) is 0 Å². The summed E-state index contributed by atoms with van der Waals surface area (Å²) in [6, 6.07) is 6.26. The van der Waals surface area contributed by atoms with Crippen LogP contribution in [0.2, 0.25) is 0 Å². The van der Waals surface area contributed by atoms with Crippen LogP contribution in [0.15, 0.2) is 23.4 Å². The van der Waals surface area contributed by atoms with Crippen LogP contribution in [0, 0.1) is 12.8 Å². The molecule has 0 spiro atoms. The molecule has 1 aromatic carbocycles. The van der Waals surface area contributed by atoms with E-state index in [9.17, 15) is 0 Å². The molecule has 1 saturated carbocycles. The van der Waals surface area contributed by atoms with Gasteiger partial charge in [-0.25, -0.2) is 4.98 Å². The molecule has 5 heteroatoms. The molecule has 0 atom stereocenters. The van der Waals surface area contributed by atoms with Crippen molar-refractivity contribution in [1.29, 1.82) is 0 Å². The predicted octanol–water partition coefficient (Wildman–Crippen LogP) is 4.15. The van der Waals surface area contributed by atoms with Crippen LogP contribution in [0.3, 0.4) is 0 Å². The molecule has 1 aromatic heterocycles. The van der Waals surface area contributed by atoms with Gasteiger partial charge in [-0.2, -0.15) is 0 Å². The van der Waals surface area contributed by atoms with Gasteiger partial charge in [0.2, 0.25) is 5.16 Å². The second-order valence-electron chi connectivity index (χ2n) is 6.02. The molecular weight excluding hydrogens is 294 g/mol. The maximum Gasteiger partial charge on any atom is 0.208 e. The molecule has 0 aliphatic heterocycles. The molecule has 2 aromatic rings. The Balaban J connectivity index is 1.59. The van der Waals surface area contributed by atoms with E-state index >= 15 is 0 Å². The number of methoxy groups -OCH3 is 1. The highest BCUT2D eigenvalue weighted by atomic mass is 32.2. The monoisotopic (exact) mass is 317 g/mol. The number of hydrogen-bond acceptors (Lipinski definition) is 4. The van der Waals surface area contributed by atoms with Gasteiger partial charge in [0.1, 0.15) is 11.6 Å². The van der Waals surface area contributed by atoms with Crippen LogP contribution in [0.5, 0.6) is 5.75 Å². The Morgan fingerprint density at radius 2 is 2.14 bits per heavy atom. The Bertz CT molecular complexity index is 620. The third kappa shape index (κ3) is 3.83. The summed E-state index contributed by atoms with van der Waals surface area (Å²) in [6.07, 6.45) is 6.45. The summed E-state index contributed by atoms with van der Waals surface area (Å²) in [4.78, 5) is 4.62. The molecule has 1 fully saturated rings. The van der Waals surface area contributed by atoms with Gasteiger partial charge in [-0.3, -0.25) is 5.10 Å². The average Bonchev–Trinajstić information content (AvgIpc) is 3.18. The average molecular weight is 317 g/mol. The lowest BCUT2D eigenvalue weighted by molar-refractivity contribution is 0.411. The molecular formula is C17H23N3OS. The third-order valence-corrected chi connectivity index (χ3v) is 5.16. The number of aromatic nitrogens is 3. The fourth-order valence-electron chi connectivity index (χ4n) is 3.08. The zero-order valence-electron chi connectivity index (χ0n) is 13.3. The molecule has 0 saturated heterocycles. The van der Waals surface area contributed by atoms with E-state index in [2.05, 4.69) is 34.2 Å². The molecule has 3 rings (SSSR count). The molecule has 22 heavy (non-hydrogen) atoms. The van der Waals surface area contributed by atoms with Gasteiger partial charge in [0.05, 0.1) is 7.11 Å². The van der Waals surface area contributed by atoms with Crippen LogP contribution in [0.4, 0.5) is 0 Å². The maximum absolute atomic E-state index is 5.42. The lowest BCUT2D eigenvalue weighted by atomic mass is 10.0. The number of rotatable bonds is 6. The van der Waals surface area contributed by atoms with Gasteiger partial charge in [0, 0.05) is 17.7 Å². The Labute approximate surface area is 136 Å². The molecule has 0 bridgehead atoms. The number of thioether (sulfide) groups is 1. The summed E-state index contributed by atoms with van der Waals surface area (Å²) in [5.74, 6) is 3.58. The van der Waals surface area contributed by atoms with Crippen molar-refractivity contribution < 1.29 is 4.74 Å². The predicted molar refractivity (Wildman–Crippen MR) is 89.3 cm³/mol. The first-order valence-corrected chi connectivity index (χ1v) is 8.91. The van der Waals surface area contributed by atoms with Crippen LogP contribution in [0.1, 0.15) is 42.6 Å². The Kier molecular flexibility index (Phi) is 5.03. The van der Waals surface area contributed by atoms with E-state index in [1.807, 2.05) is 6.07 Å². The Hall–Kier alpha value is -1.49. The number of H-pyrrole nitrogens is 1. The van der Waals surface area contributed by atoms with E-state index in [-0.39, 0.29) is 0 Å². The highest BCUT2D eigenvalue weighted by Crippen LogP contribution is 2.29. The minimum absolute atomic E-state index is 0.794. The van der Waals surface area contributed by atoms with Gasteiger partial charge >= 0.3 is 0 Å². The zero-order valence-corrected chi connectivity index (χ0v) is 14.1. The fourth-order valence-corrected chi connectivity index (χ4v) is 3.88. The second-order valence-corrected chi connectivity index (χ2v) is 6.97. The first kappa shape index (κ1) is 15.4. The van der Waals surface area contributed by atoms with Crippen molar-refractivity contribution in [3.63, 3.8) is 0 Å². The van der Waals surface area contributed by atoms with Gasteiger partial charge in [0.25, 0.3) is 0 Å².